The minimum absolute atomic E-state index is 0.256. The standard InChI is InChI=1S/C13H23N3O2/c14-12-2-1-10-7-15(8-11(10)12)9-13(17)16-3-5-18-6-4-16/h10-12H,1-9,14H2. The van der Waals surface area contributed by atoms with Crippen molar-refractivity contribution in [2.45, 2.75) is 18.9 Å². The van der Waals surface area contributed by atoms with Gasteiger partial charge < -0.3 is 15.4 Å². The highest BCUT2D eigenvalue weighted by molar-refractivity contribution is 5.78. The lowest BCUT2D eigenvalue weighted by Gasteiger charge is -2.29. The summed E-state index contributed by atoms with van der Waals surface area (Å²) in [6, 6.07) is 0.360. The van der Waals surface area contributed by atoms with Crippen molar-refractivity contribution in [3.05, 3.63) is 0 Å². The van der Waals surface area contributed by atoms with Crippen LogP contribution in [-0.4, -0.2) is 67.7 Å². The molecule has 0 aromatic rings. The molecule has 3 rings (SSSR count). The molecule has 3 fully saturated rings. The number of hydrogen-bond acceptors (Lipinski definition) is 4. The number of nitrogens with two attached hydrogens (primary N) is 1. The smallest absolute Gasteiger partial charge is 0.236 e. The first-order valence-electron chi connectivity index (χ1n) is 7.07. The third-order valence-corrected chi connectivity index (χ3v) is 4.71. The molecule has 1 saturated carbocycles. The molecule has 0 aromatic carbocycles. The number of ether oxygens (including phenoxy) is 1. The molecule has 5 nitrogen and oxygen atoms in total. The van der Waals surface area contributed by atoms with Crippen LogP contribution in [0, 0.1) is 11.8 Å². The lowest BCUT2D eigenvalue weighted by atomic mass is 9.98. The van der Waals surface area contributed by atoms with Crippen LogP contribution in [-0.2, 0) is 9.53 Å². The van der Waals surface area contributed by atoms with E-state index in [0.717, 1.165) is 32.1 Å². The van der Waals surface area contributed by atoms with Gasteiger partial charge in [0.15, 0.2) is 0 Å². The molecule has 3 aliphatic rings. The fourth-order valence-electron chi connectivity index (χ4n) is 3.63. The molecular weight excluding hydrogens is 230 g/mol. The summed E-state index contributed by atoms with van der Waals surface area (Å²) < 4.78 is 5.27. The Hall–Kier alpha value is -0.650. The number of amides is 1. The van der Waals surface area contributed by atoms with Crippen molar-refractivity contribution >= 4 is 5.91 Å². The highest BCUT2D eigenvalue weighted by atomic mass is 16.5. The summed E-state index contributed by atoms with van der Waals surface area (Å²) in [7, 11) is 0. The number of hydrogen-bond donors (Lipinski definition) is 1. The van der Waals surface area contributed by atoms with Crippen molar-refractivity contribution < 1.29 is 9.53 Å². The van der Waals surface area contributed by atoms with Crippen molar-refractivity contribution in [3.63, 3.8) is 0 Å². The number of morpholine rings is 1. The Morgan fingerprint density at radius 2 is 2.00 bits per heavy atom. The van der Waals surface area contributed by atoms with E-state index >= 15 is 0 Å². The van der Waals surface area contributed by atoms with Gasteiger partial charge in [-0.25, -0.2) is 0 Å². The van der Waals surface area contributed by atoms with Gasteiger partial charge in [0, 0.05) is 32.2 Å². The van der Waals surface area contributed by atoms with Gasteiger partial charge in [0.05, 0.1) is 19.8 Å². The second kappa shape index (κ2) is 5.15. The van der Waals surface area contributed by atoms with Crippen molar-refractivity contribution in [2.24, 2.45) is 17.6 Å². The van der Waals surface area contributed by atoms with Crippen LogP contribution in [0.25, 0.3) is 0 Å². The van der Waals surface area contributed by atoms with Crippen LogP contribution < -0.4 is 5.73 Å². The molecule has 0 spiro atoms. The molecule has 18 heavy (non-hydrogen) atoms. The maximum absolute atomic E-state index is 12.2. The third kappa shape index (κ3) is 2.39. The summed E-state index contributed by atoms with van der Waals surface area (Å²) in [4.78, 5) is 16.4. The Morgan fingerprint density at radius 3 is 2.72 bits per heavy atom. The quantitative estimate of drug-likeness (QED) is 0.722. The molecule has 0 radical (unpaired) electrons. The molecule has 3 atom stereocenters. The maximum Gasteiger partial charge on any atom is 0.236 e. The Kier molecular flexibility index (Phi) is 3.54. The molecular formula is C13H23N3O2. The molecule has 3 unspecified atom stereocenters. The predicted octanol–water partition coefficient (Wildman–Crippen LogP) is -0.486. The van der Waals surface area contributed by atoms with Gasteiger partial charge in [-0.2, -0.15) is 0 Å². The maximum atomic E-state index is 12.2. The average molecular weight is 253 g/mol. The fraction of sp³-hybridized carbons (Fsp3) is 0.923. The van der Waals surface area contributed by atoms with E-state index in [1.165, 1.54) is 12.8 Å². The summed E-state index contributed by atoms with van der Waals surface area (Å²) in [6.07, 6.45) is 2.41. The van der Waals surface area contributed by atoms with E-state index in [1.54, 1.807) is 0 Å². The number of rotatable bonds is 2. The van der Waals surface area contributed by atoms with Crippen LogP contribution in [0.1, 0.15) is 12.8 Å². The van der Waals surface area contributed by atoms with Gasteiger partial charge in [0.25, 0.3) is 0 Å². The van der Waals surface area contributed by atoms with Crippen LogP contribution in [0.15, 0.2) is 0 Å². The number of fused-ring (bicyclic) bond motifs is 1. The van der Waals surface area contributed by atoms with Crippen LogP contribution in [0.2, 0.25) is 0 Å². The summed E-state index contributed by atoms with van der Waals surface area (Å²) in [5.74, 6) is 1.62. The normalized spacial score (nSPS) is 36.9. The van der Waals surface area contributed by atoms with Gasteiger partial charge in [-0.3, -0.25) is 9.69 Å². The largest absolute Gasteiger partial charge is 0.378 e. The molecule has 2 saturated heterocycles. The lowest BCUT2D eigenvalue weighted by Crippen LogP contribution is -2.45. The Labute approximate surface area is 108 Å². The van der Waals surface area contributed by atoms with Crippen molar-refractivity contribution in [3.8, 4) is 0 Å². The van der Waals surface area contributed by atoms with Gasteiger partial charge in [-0.05, 0) is 24.7 Å². The predicted molar refractivity (Wildman–Crippen MR) is 68.0 cm³/mol. The van der Waals surface area contributed by atoms with E-state index in [-0.39, 0.29) is 5.91 Å². The van der Waals surface area contributed by atoms with Gasteiger partial charge in [0.1, 0.15) is 0 Å². The molecule has 0 bridgehead atoms. The van der Waals surface area contributed by atoms with Crippen LogP contribution in [0.3, 0.4) is 0 Å². The van der Waals surface area contributed by atoms with Crippen LogP contribution >= 0.6 is 0 Å². The van der Waals surface area contributed by atoms with Gasteiger partial charge in [0.2, 0.25) is 5.91 Å². The first-order chi connectivity index (χ1) is 8.74. The van der Waals surface area contributed by atoms with Gasteiger partial charge in [-0.15, -0.1) is 0 Å². The molecule has 2 aliphatic heterocycles. The number of carbonyl (C=O) groups excluding carboxylic acids is 1. The topological polar surface area (TPSA) is 58.8 Å². The highest BCUT2D eigenvalue weighted by Crippen LogP contribution is 2.36. The monoisotopic (exact) mass is 253 g/mol. The summed E-state index contributed by atoms with van der Waals surface area (Å²) in [6.45, 7) is 5.51. The van der Waals surface area contributed by atoms with E-state index in [2.05, 4.69) is 4.90 Å². The molecule has 5 heteroatoms. The summed E-state index contributed by atoms with van der Waals surface area (Å²) in [5.41, 5.74) is 6.12. The Bertz CT molecular complexity index is 317. The zero-order chi connectivity index (χ0) is 12.5. The van der Waals surface area contributed by atoms with E-state index in [0.29, 0.717) is 31.7 Å². The number of nitrogens with zero attached hydrogens (tertiary/aromatic N) is 2. The Morgan fingerprint density at radius 1 is 1.22 bits per heavy atom. The van der Waals surface area contributed by atoms with Gasteiger partial charge >= 0.3 is 0 Å². The van der Waals surface area contributed by atoms with Crippen molar-refractivity contribution in [1.82, 2.24) is 9.80 Å². The lowest BCUT2D eigenvalue weighted by molar-refractivity contribution is -0.136. The molecule has 0 aromatic heterocycles. The fourth-order valence-corrected chi connectivity index (χ4v) is 3.63. The second-order valence-electron chi connectivity index (χ2n) is 5.85. The third-order valence-electron chi connectivity index (χ3n) is 4.71. The van der Waals surface area contributed by atoms with E-state index in [4.69, 9.17) is 10.5 Å². The minimum atomic E-state index is 0.256. The molecule has 2 heterocycles. The molecule has 1 aliphatic carbocycles. The van der Waals surface area contributed by atoms with Crippen LogP contribution in [0.4, 0.5) is 0 Å². The van der Waals surface area contributed by atoms with Crippen molar-refractivity contribution in [1.29, 1.82) is 0 Å². The minimum Gasteiger partial charge on any atom is -0.378 e. The first-order valence-corrected chi connectivity index (χ1v) is 7.07. The molecule has 2 N–H and O–H groups in total. The van der Waals surface area contributed by atoms with Crippen molar-refractivity contribution in [2.75, 3.05) is 45.9 Å². The van der Waals surface area contributed by atoms with E-state index in [1.807, 2.05) is 4.90 Å². The van der Waals surface area contributed by atoms with E-state index < -0.39 is 0 Å². The SMILES string of the molecule is NC1CCC2CN(CC(=O)N3CCOCC3)CC12. The number of carbonyl (C=O) groups is 1. The average Bonchev–Trinajstić information content (AvgIpc) is 2.93. The molecule has 1 amide bonds. The number of likely N-dealkylation sites (tertiary alicyclic amines) is 1. The summed E-state index contributed by atoms with van der Waals surface area (Å²) in [5, 5.41) is 0. The van der Waals surface area contributed by atoms with Crippen LogP contribution in [0.5, 0.6) is 0 Å². The molecule has 102 valence electrons. The zero-order valence-electron chi connectivity index (χ0n) is 10.9. The summed E-state index contributed by atoms with van der Waals surface area (Å²) >= 11 is 0. The Balaban J connectivity index is 1.50. The highest BCUT2D eigenvalue weighted by Gasteiger charge is 2.41. The zero-order valence-corrected chi connectivity index (χ0v) is 10.9. The van der Waals surface area contributed by atoms with Gasteiger partial charge in [-0.1, -0.05) is 0 Å². The first kappa shape index (κ1) is 12.4. The van der Waals surface area contributed by atoms with E-state index in [9.17, 15) is 4.79 Å². The second-order valence-corrected chi connectivity index (χ2v) is 5.85.